The number of hydrogen-bond acceptors (Lipinski definition) is 6. The van der Waals surface area contributed by atoms with E-state index in [1.807, 2.05) is 0 Å². The molecule has 2 aromatic heterocycles. The van der Waals surface area contributed by atoms with Crippen LogP contribution in [0.3, 0.4) is 0 Å². The molecule has 9 nitrogen and oxygen atoms in total. The first-order valence-electron chi connectivity index (χ1n) is 13.1. The zero-order chi connectivity index (χ0) is 30.8. The second kappa shape index (κ2) is 10.6. The van der Waals surface area contributed by atoms with E-state index in [2.05, 4.69) is 20.1 Å². The van der Waals surface area contributed by atoms with Gasteiger partial charge in [-0.15, -0.1) is 13.2 Å². The number of carbonyl (C=O) groups excluding carboxylic acids is 2. The molecule has 204 valence electrons. The standard InChI is InChI=1S/C26H23F4N5O4/c1-4-35-21-10-14(5-7-17(21)22(34-35)23(31)36)15-9-19(25(38-3)32-12-15)24(37)33-13(2)18-11-16(6-8-20(18)27)39-26(28,29)30/h5-13H,4H2,1-3H3,(H2,31,36)(H,33,37)/t13-/m1/s1/i2D,3D,4D/t4?,13-. The lowest BCUT2D eigenvalue weighted by Gasteiger charge is -2.18. The van der Waals surface area contributed by atoms with E-state index in [0.29, 0.717) is 22.0 Å². The molecule has 0 saturated heterocycles. The third kappa shape index (κ3) is 5.76. The lowest BCUT2D eigenvalue weighted by atomic mass is 10.0. The van der Waals surface area contributed by atoms with Crippen molar-refractivity contribution in [3.63, 3.8) is 0 Å². The molecule has 2 aromatic carbocycles. The second-order valence-electron chi connectivity index (χ2n) is 8.13. The average molecular weight is 549 g/mol. The second-order valence-corrected chi connectivity index (χ2v) is 8.13. The van der Waals surface area contributed by atoms with E-state index in [0.717, 1.165) is 18.2 Å². The van der Waals surface area contributed by atoms with Gasteiger partial charge in [0, 0.05) is 30.6 Å². The summed E-state index contributed by atoms with van der Waals surface area (Å²) in [6, 6.07) is 6.98. The lowest BCUT2D eigenvalue weighted by Crippen LogP contribution is -2.28. The molecule has 0 fully saturated rings. The van der Waals surface area contributed by atoms with Gasteiger partial charge in [-0.1, -0.05) is 6.07 Å². The van der Waals surface area contributed by atoms with E-state index in [1.54, 1.807) is 18.2 Å². The lowest BCUT2D eigenvalue weighted by molar-refractivity contribution is -0.274. The summed E-state index contributed by atoms with van der Waals surface area (Å²) in [5.74, 6) is -3.65. The monoisotopic (exact) mass is 548 g/mol. The molecule has 13 heteroatoms. The van der Waals surface area contributed by atoms with Crippen LogP contribution in [0, 0.1) is 5.82 Å². The number of rotatable bonds is 8. The van der Waals surface area contributed by atoms with Crippen molar-refractivity contribution in [2.45, 2.75) is 32.7 Å². The Bertz CT molecular complexity index is 1650. The van der Waals surface area contributed by atoms with Crippen LogP contribution in [0.5, 0.6) is 11.6 Å². The zero-order valence-electron chi connectivity index (χ0n) is 23.3. The van der Waals surface area contributed by atoms with E-state index in [-0.39, 0.29) is 17.1 Å². The fourth-order valence-electron chi connectivity index (χ4n) is 3.88. The fourth-order valence-corrected chi connectivity index (χ4v) is 3.88. The van der Waals surface area contributed by atoms with Gasteiger partial charge in [0.1, 0.15) is 17.1 Å². The largest absolute Gasteiger partial charge is 0.573 e. The molecule has 0 bridgehead atoms. The number of methoxy groups -OCH3 is 1. The van der Waals surface area contributed by atoms with Crippen molar-refractivity contribution >= 4 is 22.7 Å². The number of hydrogen-bond donors (Lipinski definition) is 2. The van der Waals surface area contributed by atoms with Crippen molar-refractivity contribution in [1.82, 2.24) is 20.1 Å². The van der Waals surface area contributed by atoms with E-state index in [4.69, 9.17) is 14.6 Å². The summed E-state index contributed by atoms with van der Waals surface area (Å²) in [7, 11) is -0.609. The molecule has 4 rings (SSSR count). The number of primary amides is 1. The Morgan fingerprint density at radius 2 is 2.00 bits per heavy atom. The summed E-state index contributed by atoms with van der Waals surface area (Å²) >= 11 is 0. The normalized spacial score (nSPS) is 14.1. The van der Waals surface area contributed by atoms with Gasteiger partial charge in [0.05, 0.1) is 21.4 Å². The van der Waals surface area contributed by atoms with E-state index in [1.165, 1.54) is 23.9 Å². The van der Waals surface area contributed by atoms with Crippen LogP contribution in [0.1, 0.15) is 50.4 Å². The first-order chi connectivity index (χ1) is 19.8. The summed E-state index contributed by atoms with van der Waals surface area (Å²) in [6.07, 6.45) is -3.69. The Morgan fingerprint density at radius 3 is 2.67 bits per heavy atom. The number of carbonyl (C=O) groups is 2. The molecule has 39 heavy (non-hydrogen) atoms. The molecule has 3 N–H and O–H groups in total. The van der Waals surface area contributed by atoms with Crippen molar-refractivity contribution < 1.29 is 40.7 Å². The maximum Gasteiger partial charge on any atom is 0.573 e. The number of ether oxygens (including phenoxy) is 2. The van der Waals surface area contributed by atoms with Gasteiger partial charge in [-0.25, -0.2) is 9.37 Å². The van der Waals surface area contributed by atoms with Crippen molar-refractivity contribution in [1.29, 1.82) is 0 Å². The highest BCUT2D eigenvalue weighted by Gasteiger charge is 2.31. The van der Waals surface area contributed by atoms with Crippen LogP contribution in [0.2, 0.25) is 0 Å². The van der Waals surface area contributed by atoms with Gasteiger partial charge in [0.15, 0.2) is 5.69 Å². The molecule has 2 amide bonds. The highest BCUT2D eigenvalue weighted by Crippen LogP contribution is 2.30. The topological polar surface area (TPSA) is 121 Å². The predicted octanol–water partition coefficient (Wildman–Crippen LogP) is 4.75. The van der Waals surface area contributed by atoms with Gasteiger partial charge in [-0.2, -0.15) is 5.10 Å². The van der Waals surface area contributed by atoms with Crippen molar-refractivity contribution in [2.24, 2.45) is 5.73 Å². The van der Waals surface area contributed by atoms with Gasteiger partial charge >= 0.3 is 6.36 Å². The number of nitrogens with one attached hydrogen (secondary N) is 1. The molecular formula is C26H23F4N5O4. The highest BCUT2D eigenvalue weighted by atomic mass is 19.4. The Morgan fingerprint density at radius 1 is 1.21 bits per heavy atom. The fraction of sp³-hybridized carbons (Fsp3) is 0.231. The maximum atomic E-state index is 14.6. The number of aryl methyl sites for hydroxylation is 1. The summed E-state index contributed by atoms with van der Waals surface area (Å²) < 4.78 is 86.1. The minimum absolute atomic E-state index is 0.0218. The third-order valence-corrected chi connectivity index (χ3v) is 5.63. The number of pyridine rings is 1. The number of halogens is 4. The first-order valence-corrected chi connectivity index (χ1v) is 11.1. The Labute approximate surface area is 223 Å². The number of amides is 2. The zero-order valence-corrected chi connectivity index (χ0v) is 20.3. The number of nitrogens with zero attached hydrogens (tertiary/aromatic N) is 3. The van der Waals surface area contributed by atoms with E-state index >= 15 is 0 Å². The molecule has 1 unspecified atom stereocenters. The van der Waals surface area contributed by atoms with Gasteiger partial charge in [0.2, 0.25) is 5.88 Å². The average Bonchev–Trinajstić information content (AvgIpc) is 3.32. The van der Waals surface area contributed by atoms with Gasteiger partial charge < -0.3 is 20.5 Å². The molecule has 2 heterocycles. The molecule has 0 saturated carbocycles. The number of alkyl halides is 3. The Balaban J connectivity index is 1.72. The first kappa shape index (κ1) is 23.4. The quantitative estimate of drug-likeness (QED) is 0.307. The van der Waals surface area contributed by atoms with Crippen LogP contribution >= 0.6 is 0 Å². The Hall–Kier alpha value is -4.68. The van der Waals surface area contributed by atoms with Crippen LogP contribution in [0.15, 0.2) is 48.7 Å². The SMILES string of the molecule is [2H]COc1ncc(-c2ccc3c(C(N)=O)nn(C([2H])C)c3c2)cc1C(=O)N[C@H](C[2H])c1cc(OC(F)(F)F)ccc1F. The van der Waals surface area contributed by atoms with Gasteiger partial charge in [-0.05, 0) is 55.8 Å². The minimum Gasteiger partial charge on any atom is -0.480 e. The summed E-state index contributed by atoms with van der Waals surface area (Å²) in [6.45, 7) is 0.0242. The summed E-state index contributed by atoms with van der Waals surface area (Å²) in [4.78, 5) is 29.3. The van der Waals surface area contributed by atoms with Gasteiger partial charge in [-0.3, -0.25) is 14.3 Å². The summed E-state index contributed by atoms with van der Waals surface area (Å²) in [5.41, 5.74) is 6.04. The molecule has 0 radical (unpaired) electrons. The van der Waals surface area contributed by atoms with Gasteiger partial charge in [0.25, 0.3) is 11.8 Å². The number of fused-ring (bicyclic) bond motifs is 1. The minimum atomic E-state index is -5.04. The number of benzene rings is 2. The van der Waals surface area contributed by atoms with E-state index in [9.17, 15) is 27.2 Å². The maximum absolute atomic E-state index is 14.6. The van der Waals surface area contributed by atoms with Crippen molar-refractivity contribution in [3.8, 4) is 22.8 Å². The van der Waals surface area contributed by atoms with Crippen LogP contribution in [0.4, 0.5) is 17.6 Å². The van der Waals surface area contributed by atoms with Crippen LogP contribution in [-0.2, 0) is 6.52 Å². The number of nitrogens with two attached hydrogens (primary N) is 1. The third-order valence-electron chi connectivity index (χ3n) is 5.63. The van der Waals surface area contributed by atoms with Crippen LogP contribution < -0.4 is 20.5 Å². The van der Waals surface area contributed by atoms with E-state index < -0.39 is 61.9 Å². The van der Waals surface area contributed by atoms with Crippen molar-refractivity contribution in [3.05, 3.63) is 71.3 Å². The molecule has 0 aliphatic heterocycles. The Kier molecular flexibility index (Phi) is 6.37. The van der Waals surface area contributed by atoms with Crippen LogP contribution in [0.25, 0.3) is 22.0 Å². The smallest absolute Gasteiger partial charge is 0.480 e. The number of aromatic nitrogens is 3. The van der Waals surface area contributed by atoms with Crippen LogP contribution in [-0.4, -0.2) is 40.0 Å². The van der Waals surface area contributed by atoms with Crippen molar-refractivity contribution in [2.75, 3.05) is 7.09 Å². The highest BCUT2D eigenvalue weighted by molar-refractivity contribution is 6.05. The molecule has 0 spiro atoms. The summed E-state index contributed by atoms with van der Waals surface area (Å²) in [5, 5.41) is 6.93. The molecule has 0 aliphatic carbocycles. The molecule has 4 aromatic rings. The predicted molar refractivity (Wildman–Crippen MR) is 133 cm³/mol. The molecular weight excluding hydrogens is 522 g/mol. The molecule has 0 aliphatic rings. The molecule has 2 atom stereocenters.